The zero-order valence-corrected chi connectivity index (χ0v) is 12.5. The predicted molar refractivity (Wildman–Crippen MR) is 77.8 cm³/mol. The molecule has 8 heteroatoms. The van der Waals surface area contributed by atoms with E-state index >= 15 is 0 Å². The van der Waals surface area contributed by atoms with E-state index in [2.05, 4.69) is 25.9 Å². The molecule has 0 fully saturated rings. The molecule has 2 aromatic heterocycles. The van der Waals surface area contributed by atoms with E-state index < -0.39 is 10.9 Å². The number of halogens is 1. The van der Waals surface area contributed by atoms with Gasteiger partial charge in [-0.1, -0.05) is 0 Å². The first-order chi connectivity index (χ1) is 10.0. The van der Waals surface area contributed by atoms with Crippen LogP contribution in [-0.2, 0) is 4.74 Å². The second-order valence-corrected chi connectivity index (χ2v) is 4.85. The Kier molecular flexibility index (Phi) is 4.59. The molecule has 0 aliphatic heterocycles. The summed E-state index contributed by atoms with van der Waals surface area (Å²) in [6, 6.07) is 4.35. The van der Waals surface area contributed by atoms with Crippen molar-refractivity contribution in [3.63, 3.8) is 0 Å². The summed E-state index contributed by atoms with van der Waals surface area (Å²) in [5.74, 6) is -0.540. The van der Waals surface area contributed by atoms with E-state index in [0.29, 0.717) is 10.0 Å². The summed E-state index contributed by atoms with van der Waals surface area (Å²) >= 11 is 3.14. The largest absolute Gasteiger partial charge is 0.461 e. The average molecular weight is 352 g/mol. The van der Waals surface area contributed by atoms with Gasteiger partial charge in [-0.15, -0.1) is 0 Å². The van der Waals surface area contributed by atoms with E-state index in [1.54, 1.807) is 13.0 Å². The first kappa shape index (κ1) is 15.0. The Labute approximate surface area is 128 Å². The Morgan fingerprint density at radius 3 is 2.71 bits per heavy atom. The Balaban J connectivity index is 2.39. The van der Waals surface area contributed by atoms with Gasteiger partial charge in [-0.05, 0) is 35.0 Å². The average Bonchev–Trinajstić information content (AvgIpc) is 2.47. The van der Waals surface area contributed by atoms with Crippen molar-refractivity contribution < 1.29 is 14.5 Å². The molecule has 2 heterocycles. The van der Waals surface area contributed by atoms with E-state index in [0.717, 1.165) is 0 Å². The lowest BCUT2D eigenvalue weighted by Crippen LogP contribution is -2.06. The molecule has 0 radical (unpaired) electrons. The molecular weight excluding hydrogens is 342 g/mol. The molecular formula is C13H10BrN3O4. The number of nitro groups is 1. The second kappa shape index (κ2) is 6.40. The maximum atomic E-state index is 11.5. The minimum absolute atomic E-state index is 0.139. The van der Waals surface area contributed by atoms with Gasteiger partial charge in [-0.2, -0.15) is 0 Å². The van der Waals surface area contributed by atoms with Crippen LogP contribution in [-0.4, -0.2) is 27.5 Å². The number of ether oxygens (including phenoxy) is 1. The van der Waals surface area contributed by atoms with E-state index in [1.165, 1.54) is 24.5 Å². The van der Waals surface area contributed by atoms with Gasteiger partial charge in [0.2, 0.25) is 0 Å². The Morgan fingerprint density at radius 1 is 1.38 bits per heavy atom. The molecule has 0 atom stereocenters. The third-order valence-corrected chi connectivity index (χ3v) is 2.99. The molecule has 21 heavy (non-hydrogen) atoms. The molecule has 0 spiro atoms. The molecule has 108 valence electrons. The number of carbonyl (C=O) groups excluding carboxylic acids is 1. The fourth-order valence-corrected chi connectivity index (χ4v) is 1.97. The summed E-state index contributed by atoms with van der Waals surface area (Å²) in [7, 11) is 0. The number of hydrogen-bond donors (Lipinski definition) is 0. The molecule has 0 unspecified atom stereocenters. The van der Waals surface area contributed by atoms with Gasteiger partial charge in [0.15, 0.2) is 0 Å². The summed E-state index contributed by atoms with van der Waals surface area (Å²) in [6.07, 6.45) is 2.82. The number of nitrogens with zero attached hydrogens (tertiary/aromatic N) is 3. The lowest BCUT2D eigenvalue weighted by atomic mass is 10.1. The molecule has 2 aromatic rings. The highest BCUT2D eigenvalue weighted by Gasteiger charge is 2.18. The van der Waals surface area contributed by atoms with Crippen molar-refractivity contribution >= 4 is 27.6 Å². The van der Waals surface area contributed by atoms with Gasteiger partial charge >= 0.3 is 5.97 Å². The number of esters is 1. The van der Waals surface area contributed by atoms with E-state index in [9.17, 15) is 14.9 Å². The molecule has 0 aliphatic carbocycles. The second-order valence-electron chi connectivity index (χ2n) is 3.93. The normalized spacial score (nSPS) is 10.2. The van der Waals surface area contributed by atoms with Crippen LogP contribution in [0.15, 0.2) is 35.1 Å². The number of hydrogen-bond acceptors (Lipinski definition) is 6. The van der Waals surface area contributed by atoms with Crippen LogP contribution < -0.4 is 0 Å². The van der Waals surface area contributed by atoms with Crippen LogP contribution in [0.4, 0.5) is 5.69 Å². The molecule has 0 N–H and O–H groups in total. The molecule has 0 aromatic carbocycles. The van der Waals surface area contributed by atoms with Crippen molar-refractivity contribution in [2.45, 2.75) is 6.92 Å². The van der Waals surface area contributed by atoms with Crippen molar-refractivity contribution in [1.82, 2.24) is 9.97 Å². The first-order valence-electron chi connectivity index (χ1n) is 5.96. The highest BCUT2D eigenvalue weighted by molar-refractivity contribution is 9.10. The number of carbonyl (C=O) groups is 1. The lowest BCUT2D eigenvalue weighted by Gasteiger charge is -2.04. The van der Waals surface area contributed by atoms with Crippen molar-refractivity contribution in [2.75, 3.05) is 6.61 Å². The Morgan fingerprint density at radius 2 is 2.14 bits per heavy atom. The third-order valence-electron chi connectivity index (χ3n) is 2.55. The van der Waals surface area contributed by atoms with Gasteiger partial charge in [0.05, 0.1) is 11.5 Å². The number of aromatic nitrogens is 2. The summed E-state index contributed by atoms with van der Waals surface area (Å²) in [6.45, 7) is 1.95. The van der Waals surface area contributed by atoms with Crippen LogP contribution >= 0.6 is 15.9 Å². The quantitative estimate of drug-likeness (QED) is 0.477. The maximum Gasteiger partial charge on any atom is 0.356 e. The van der Waals surface area contributed by atoms with E-state index in [1.807, 2.05) is 0 Å². The van der Waals surface area contributed by atoms with Crippen LogP contribution in [0.5, 0.6) is 0 Å². The maximum absolute atomic E-state index is 11.5. The number of pyridine rings is 2. The van der Waals surface area contributed by atoms with Crippen LogP contribution in [0, 0.1) is 10.1 Å². The molecule has 0 bridgehead atoms. The summed E-state index contributed by atoms with van der Waals surface area (Å²) in [5, 5.41) is 11.1. The zero-order chi connectivity index (χ0) is 15.4. The molecule has 0 saturated heterocycles. The highest BCUT2D eigenvalue weighted by atomic mass is 79.9. The smallest absolute Gasteiger partial charge is 0.356 e. The van der Waals surface area contributed by atoms with Crippen LogP contribution in [0.3, 0.4) is 0 Å². The molecule has 7 nitrogen and oxygen atoms in total. The van der Waals surface area contributed by atoms with Crippen LogP contribution in [0.25, 0.3) is 11.3 Å². The van der Waals surface area contributed by atoms with Gasteiger partial charge in [-0.3, -0.25) is 10.1 Å². The predicted octanol–water partition coefficient (Wildman–Crippen LogP) is 2.99. The van der Waals surface area contributed by atoms with Crippen LogP contribution in [0.2, 0.25) is 0 Å². The Hall–Kier alpha value is -2.35. The van der Waals surface area contributed by atoms with Gasteiger partial charge < -0.3 is 4.74 Å². The van der Waals surface area contributed by atoms with E-state index in [-0.39, 0.29) is 23.7 Å². The van der Waals surface area contributed by atoms with E-state index in [4.69, 9.17) is 4.74 Å². The topological polar surface area (TPSA) is 95.2 Å². The minimum Gasteiger partial charge on any atom is -0.461 e. The fraction of sp³-hybridized carbons (Fsp3) is 0.154. The van der Waals surface area contributed by atoms with Gasteiger partial charge in [0.25, 0.3) is 5.69 Å². The SMILES string of the molecule is CCOC(=O)c1ccc(-c2ncc(Br)cc2[N+](=O)[O-])cn1. The fourth-order valence-electron chi connectivity index (χ4n) is 1.65. The first-order valence-corrected chi connectivity index (χ1v) is 6.75. The van der Waals surface area contributed by atoms with Crippen molar-refractivity contribution in [1.29, 1.82) is 0 Å². The van der Waals surface area contributed by atoms with Crippen LogP contribution in [0.1, 0.15) is 17.4 Å². The molecule has 0 amide bonds. The summed E-state index contributed by atoms with van der Waals surface area (Å²) < 4.78 is 5.33. The van der Waals surface area contributed by atoms with Crippen molar-refractivity contribution in [2.24, 2.45) is 0 Å². The van der Waals surface area contributed by atoms with Crippen molar-refractivity contribution in [3.05, 3.63) is 50.9 Å². The van der Waals surface area contributed by atoms with Gasteiger partial charge in [-0.25, -0.2) is 14.8 Å². The monoisotopic (exact) mass is 351 g/mol. The Bertz CT molecular complexity index is 688. The highest BCUT2D eigenvalue weighted by Crippen LogP contribution is 2.29. The molecule has 2 rings (SSSR count). The minimum atomic E-state index is -0.540. The lowest BCUT2D eigenvalue weighted by molar-refractivity contribution is -0.384. The standard InChI is InChI=1S/C13H10BrN3O4/c1-2-21-13(18)10-4-3-8(6-15-10)12-11(17(19)20)5-9(14)7-16-12/h3-7H,2H2,1H3. The summed E-state index contributed by atoms with van der Waals surface area (Å²) in [5.41, 5.74) is 0.629. The molecule has 0 saturated carbocycles. The number of rotatable bonds is 4. The zero-order valence-electron chi connectivity index (χ0n) is 10.9. The van der Waals surface area contributed by atoms with Gasteiger partial charge in [0, 0.05) is 28.5 Å². The molecule has 0 aliphatic rings. The summed E-state index contributed by atoms with van der Waals surface area (Å²) in [4.78, 5) is 30.0. The third kappa shape index (κ3) is 3.40. The van der Waals surface area contributed by atoms with Crippen molar-refractivity contribution in [3.8, 4) is 11.3 Å². The van der Waals surface area contributed by atoms with Gasteiger partial charge in [0.1, 0.15) is 11.4 Å².